The first kappa shape index (κ1) is 15.5. The Labute approximate surface area is 124 Å². The van der Waals surface area contributed by atoms with Gasteiger partial charge < -0.3 is 5.73 Å². The number of likely N-dealkylation sites (N-methyl/N-ethyl adjacent to an activating group) is 1. The summed E-state index contributed by atoms with van der Waals surface area (Å²) in [4.78, 5) is 2.54. The van der Waals surface area contributed by atoms with E-state index >= 15 is 0 Å². The lowest BCUT2D eigenvalue weighted by molar-refractivity contribution is 0.125. The van der Waals surface area contributed by atoms with Gasteiger partial charge >= 0.3 is 0 Å². The summed E-state index contributed by atoms with van der Waals surface area (Å²) in [6, 6.07) is 7.61. The smallest absolute Gasteiger partial charge is 0.0475 e. The fourth-order valence-corrected chi connectivity index (χ4v) is 3.74. The molecule has 0 aromatic heterocycles. The van der Waals surface area contributed by atoms with Crippen molar-refractivity contribution >= 4 is 0 Å². The molecule has 112 valence electrons. The lowest BCUT2D eigenvalue weighted by Crippen LogP contribution is -2.41. The number of rotatable bonds is 4. The Balaban J connectivity index is 2.19. The van der Waals surface area contributed by atoms with E-state index in [1.807, 2.05) is 0 Å². The van der Waals surface area contributed by atoms with Gasteiger partial charge in [-0.2, -0.15) is 0 Å². The molecule has 0 spiro atoms. The molecular formula is C18H30N2. The van der Waals surface area contributed by atoms with E-state index in [0.717, 1.165) is 5.92 Å². The third-order valence-corrected chi connectivity index (χ3v) is 5.15. The molecular weight excluding hydrogens is 244 g/mol. The molecule has 2 N–H and O–H groups in total. The minimum absolute atomic E-state index is 0.356. The summed E-state index contributed by atoms with van der Waals surface area (Å²) in [6.45, 7) is 7.50. The van der Waals surface area contributed by atoms with Gasteiger partial charge in [0, 0.05) is 18.6 Å². The summed E-state index contributed by atoms with van der Waals surface area (Å²) in [5.74, 6) is 0.899. The lowest BCUT2D eigenvalue weighted by atomic mass is 9.85. The summed E-state index contributed by atoms with van der Waals surface area (Å²) in [5, 5.41) is 0. The molecule has 0 saturated heterocycles. The SMILES string of the molecule is Cc1cccc(C)c1C(CN)N(C)C1CCC(C)CC1. The van der Waals surface area contributed by atoms with Crippen LogP contribution in [0.25, 0.3) is 0 Å². The van der Waals surface area contributed by atoms with Crippen molar-refractivity contribution in [2.24, 2.45) is 11.7 Å². The Kier molecular flexibility index (Phi) is 5.22. The van der Waals surface area contributed by atoms with Crippen molar-refractivity contribution in [1.82, 2.24) is 4.90 Å². The average Bonchev–Trinajstić information content (AvgIpc) is 2.43. The van der Waals surface area contributed by atoms with Gasteiger partial charge in [-0.15, -0.1) is 0 Å². The van der Waals surface area contributed by atoms with Gasteiger partial charge in [-0.3, -0.25) is 4.90 Å². The summed E-state index contributed by atoms with van der Waals surface area (Å²) >= 11 is 0. The molecule has 1 unspecified atom stereocenters. The maximum atomic E-state index is 6.14. The van der Waals surface area contributed by atoms with Crippen molar-refractivity contribution in [2.75, 3.05) is 13.6 Å². The molecule has 2 rings (SSSR count). The minimum atomic E-state index is 0.356. The molecule has 0 bridgehead atoms. The van der Waals surface area contributed by atoms with E-state index in [0.29, 0.717) is 18.6 Å². The Hall–Kier alpha value is -0.860. The van der Waals surface area contributed by atoms with Crippen molar-refractivity contribution in [3.63, 3.8) is 0 Å². The van der Waals surface area contributed by atoms with Gasteiger partial charge in [0.2, 0.25) is 0 Å². The summed E-state index contributed by atoms with van der Waals surface area (Å²) in [7, 11) is 2.27. The van der Waals surface area contributed by atoms with Crippen molar-refractivity contribution in [1.29, 1.82) is 0 Å². The number of hydrogen-bond acceptors (Lipinski definition) is 2. The van der Waals surface area contributed by atoms with E-state index < -0.39 is 0 Å². The zero-order chi connectivity index (χ0) is 14.7. The van der Waals surface area contributed by atoms with Crippen molar-refractivity contribution in [3.05, 3.63) is 34.9 Å². The van der Waals surface area contributed by atoms with Crippen LogP contribution in [0.4, 0.5) is 0 Å². The first-order valence-electron chi connectivity index (χ1n) is 8.02. The molecule has 0 aliphatic heterocycles. The fraction of sp³-hybridized carbons (Fsp3) is 0.667. The Morgan fingerprint density at radius 3 is 2.20 bits per heavy atom. The Bertz CT molecular complexity index is 413. The van der Waals surface area contributed by atoms with Crippen LogP contribution in [0.3, 0.4) is 0 Å². The van der Waals surface area contributed by atoms with Crippen LogP contribution in [0, 0.1) is 19.8 Å². The summed E-state index contributed by atoms with van der Waals surface area (Å²) in [5.41, 5.74) is 10.3. The van der Waals surface area contributed by atoms with Crippen LogP contribution < -0.4 is 5.73 Å². The number of hydrogen-bond donors (Lipinski definition) is 1. The fourth-order valence-electron chi connectivity index (χ4n) is 3.74. The standard InChI is InChI=1S/C18H30N2/c1-13-8-10-16(11-9-13)20(4)17(12-19)18-14(2)6-5-7-15(18)3/h5-7,13,16-17H,8-12,19H2,1-4H3. The van der Waals surface area contributed by atoms with Crippen LogP contribution in [0.1, 0.15) is 55.3 Å². The average molecular weight is 274 g/mol. The predicted molar refractivity (Wildman–Crippen MR) is 86.9 cm³/mol. The van der Waals surface area contributed by atoms with Crippen molar-refractivity contribution < 1.29 is 0 Å². The van der Waals surface area contributed by atoms with Crippen molar-refractivity contribution in [3.8, 4) is 0 Å². The van der Waals surface area contributed by atoms with E-state index in [1.54, 1.807) is 0 Å². The molecule has 1 aliphatic rings. The zero-order valence-corrected chi connectivity index (χ0v) is 13.5. The van der Waals surface area contributed by atoms with E-state index in [4.69, 9.17) is 5.73 Å². The molecule has 1 aromatic rings. The van der Waals surface area contributed by atoms with Crippen LogP contribution in [-0.2, 0) is 0 Å². The Morgan fingerprint density at radius 1 is 1.15 bits per heavy atom. The van der Waals surface area contributed by atoms with Crippen molar-refractivity contribution in [2.45, 2.75) is 58.5 Å². The molecule has 1 aliphatic carbocycles. The lowest BCUT2D eigenvalue weighted by Gasteiger charge is -2.39. The van der Waals surface area contributed by atoms with Crippen LogP contribution in [-0.4, -0.2) is 24.5 Å². The highest BCUT2D eigenvalue weighted by Crippen LogP contribution is 2.33. The zero-order valence-electron chi connectivity index (χ0n) is 13.5. The highest BCUT2D eigenvalue weighted by Gasteiger charge is 2.28. The molecule has 0 radical (unpaired) electrons. The van der Waals surface area contributed by atoms with Crippen LogP contribution in [0.2, 0.25) is 0 Å². The molecule has 1 atom stereocenters. The van der Waals surface area contributed by atoms with Gasteiger partial charge in [0.15, 0.2) is 0 Å². The number of nitrogens with zero attached hydrogens (tertiary/aromatic N) is 1. The predicted octanol–water partition coefficient (Wildman–Crippen LogP) is 3.81. The molecule has 1 aromatic carbocycles. The molecule has 1 fully saturated rings. The van der Waals surface area contributed by atoms with Crippen LogP contribution in [0.5, 0.6) is 0 Å². The second-order valence-electron chi connectivity index (χ2n) is 6.64. The second-order valence-corrected chi connectivity index (χ2v) is 6.64. The largest absolute Gasteiger partial charge is 0.329 e. The minimum Gasteiger partial charge on any atom is -0.329 e. The normalized spacial score (nSPS) is 24.9. The van der Waals surface area contributed by atoms with Crippen LogP contribution >= 0.6 is 0 Å². The number of benzene rings is 1. The third-order valence-electron chi connectivity index (χ3n) is 5.15. The number of nitrogens with two attached hydrogens (primary N) is 1. The molecule has 2 nitrogen and oxygen atoms in total. The van der Waals surface area contributed by atoms with Gasteiger partial charge in [0.1, 0.15) is 0 Å². The monoisotopic (exact) mass is 274 g/mol. The second kappa shape index (κ2) is 6.73. The highest BCUT2D eigenvalue weighted by atomic mass is 15.2. The molecule has 0 amide bonds. The quantitative estimate of drug-likeness (QED) is 0.904. The van der Waals surface area contributed by atoms with Gasteiger partial charge in [-0.05, 0) is 69.2 Å². The van der Waals surface area contributed by atoms with E-state index in [1.165, 1.54) is 42.4 Å². The molecule has 0 heterocycles. The molecule has 2 heteroatoms. The third kappa shape index (κ3) is 3.24. The summed E-state index contributed by atoms with van der Waals surface area (Å²) in [6.07, 6.45) is 5.36. The van der Waals surface area contributed by atoms with Crippen LogP contribution in [0.15, 0.2) is 18.2 Å². The first-order valence-corrected chi connectivity index (χ1v) is 8.02. The Morgan fingerprint density at radius 2 is 1.70 bits per heavy atom. The number of aryl methyl sites for hydroxylation is 2. The van der Waals surface area contributed by atoms with Gasteiger partial charge in [-0.25, -0.2) is 0 Å². The topological polar surface area (TPSA) is 29.3 Å². The van der Waals surface area contributed by atoms with Gasteiger partial charge in [0.25, 0.3) is 0 Å². The molecule has 20 heavy (non-hydrogen) atoms. The summed E-state index contributed by atoms with van der Waals surface area (Å²) < 4.78 is 0. The van der Waals surface area contributed by atoms with E-state index in [-0.39, 0.29) is 0 Å². The first-order chi connectivity index (χ1) is 9.54. The van der Waals surface area contributed by atoms with E-state index in [9.17, 15) is 0 Å². The van der Waals surface area contributed by atoms with Gasteiger partial charge in [-0.1, -0.05) is 25.1 Å². The van der Waals surface area contributed by atoms with Gasteiger partial charge in [0.05, 0.1) is 0 Å². The highest BCUT2D eigenvalue weighted by molar-refractivity contribution is 5.36. The maximum absolute atomic E-state index is 6.14. The maximum Gasteiger partial charge on any atom is 0.0475 e. The van der Waals surface area contributed by atoms with E-state index in [2.05, 4.69) is 50.9 Å². The molecule has 1 saturated carbocycles.